The average molecular weight is 713 g/mol. The number of hydrogen-bond donors (Lipinski definition) is 1. The lowest BCUT2D eigenvalue weighted by molar-refractivity contribution is -0.438. The number of fused-ring (bicyclic) bond motifs is 2. The largest absolute Gasteiger partial charge is 0.744 e. The summed E-state index contributed by atoms with van der Waals surface area (Å²) in [6.45, 7) is 12.7. The molecule has 0 radical (unpaired) electrons. The van der Waals surface area contributed by atoms with E-state index in [9.17, 15) is 27.4 Å². The Morgan fingerprint density at radius 1 is 0.882 bits per heavy atom. The van der Waals surface area contributed by atoms with Gasteiger partial charge in [-0.05, 0) is 62.9 Å². The van der Waals surface area contributed by atoms with E-state index in [-0.39, 0.29) is 41.1 Å². The highest BCUT2D eigenvalue weighted by Crippen LogP contribution is 2.48. The predicted octanol–water partition coefficient (Wildman–Crippen LogP) is 5.77. The van der Waals surface area contributed by atoms with E-state index in [0.29, 0.717) is 6.42 Å². The van der Waals surface area contributed by atoms with E-state index in [1.807, 2.05) is 12.2 Å². The van der Waals surface area contributed by atoms with Gasteiger partial charge in [0.2, 0.25) is 11.6 Å². The highest BCUT2D eigenvalue weighted by Gasteiger charge is 2.44. The molecule has 11 heteroatoms. The number of unbranched alkanes of at least 4 members (excludes halogenated alkanes) is 2. The summed E-state index contributed by atoms with van der Waals surface area (Å²) in [6.07, 6.45) is 16.6. The third kappa shape index (κ3) is 7.99. The summed E-state index contributed by atoms with van der Waals surface area (Å²) in [5, 5.41) is 2.81. The van der Waals surface area contributed by atoms with Crippen LogP contribution < -0.4 is 10.2 Å². The monoisotopic (exact) mass is 712 g/mol. The second-order valence-electron chi connectivity index (χ2n) is 14.2. The summed E-state index contributed by atoms with van der Waals surface area (Å²) in [4.78, 5) is 38.8. The van der Waals surface area contributed by atoms with Crippen molar-refractivity contribution in [2.45, 2.75) is 82.4 Å². The third-order valence-corrected chi connectivity index (χ3v) is 10.8. The van der Waals surface area contributed by atoms with Crippen LogP contribution in [0.4, 0.5) is 11.4 Å². The molecule has 3 amide bonds. The molecule has 0 saturated carbocycles. The van der Waals surface area contributed by atoms with Gasteiger partial charge in [0.25, 0.3) is 11.8 Å². The van der Waals surface area contributed by atoms with Crippen LogP contribution in [0.15, 0.2) is 95.6 Å². The SMILES string of the molecule is CCCN1/C(=C/C=C/C=C/C2=[N+](CCCCCC(=O)NCCN3C(=O)C=CC3=O)c3ccccc3C2(C)C)C(C)(C)c2cc(S(=O)(=O)[O-])ccc21. The van der Waals surface area contributed by atoms with Crippen molar-refractivity contribution in [3.05, 3.63) is 102 Å². The first kappa shape index (κ1) is 37.6. The summed E-state index contributed by atoms with van der Waals surface area (Å²) in [5.74, 6) is -0.787. The molecular formula is C40H48N4O6S. The van der Waals surface area contributed by atoms with Crippen molar-refractivity contribution >= 4 is 44.9 Å². The number of nitrogens with zero attached hydrogens (tertiary/aromatic N) is 3. The van der Waals surface area contributed by atoms with Gasteiger partial charge in [0.1, 0.15) is 16.7 Å². The molecule has 0 bridgehead atoms. The topological polar surface area (TPSA) is 130 Å². The third-order valence-electron chi connectivity index (χ3n) is 9.97. The zero-order valence-corrected chi connectivity index (χ0v) is 31.0. The molecule has 10 nitrogen and oxygen atoms in total. The van der Waals surface area contributed by atoms with Crippen LogP contribution in [-0.4, -0.2) is 72.1 Å². The standard InChI is InChI=1S/C40H48N4O6S/c1-6-25-42-33-21-20-29(51(48,49)50)28-31(33)40(4,5)35(42)18-10-7-9-17-34-39(2,3)30-15-12-13-16-32(30)43(34)26-14-8-11-19-36(45)41-24-27-44-37(46)22-23-38(44)47/h7,9-10,12-13,15-18,20-23,28H,6,8,11,14,19,24-27H2,1-5H3,(H-,41,45,48,49,50). The number of benzene rings is 2. The Bertz CT molecular complexity index is 1950. The molecule has 5 rings (SSSR count). The second kappa shape index (κ2) is 15.3. The van der Waals surface area contributed by atoms with Crippen LogP contribution in [-0.2, 0) is 35.3 Å². The van der Waals surface area contributed by atoms with Gasteiger partial charge >= 0.3 is 0 Å². The lowest BCUT2D eigenvalue weighted by atomic mass is 9.81. The number of rotatable bonds is 15. The molecule has 2 aromatic carbocycles. The Morgan fingerprint density at radius 2 is 1.61 bits per heavy atom. The molecule has 0 saturated heterocycles. The van der Waals surface area contributed by atoms with Crippen molar-refractivity contribution in [3.8, 4) is 0 Å². The molecular weight excluding hydrogens is 665 g/mol. The number of imide groups is 1. The fourth-order valence-electron chi connectivity index (χ4n) is 7.29. The molecule has 2 aromatic rings. The van der Waals surface area contributed by atoms with Gasteiger partial charge in [-0.2, -0.15) is 4.58 Å². The molecule has 0 atom stereocenters. The molecule has 3 aliphatic heterocycles. The van der Waals surface area contributed by atoms with Gasteiger partial charge in [-0.1, -0.05) is 57.2 Å². The van der Waals surface area contributed by atoms with Gasteiger partial charge < -0.3 is 14.8 Å². The maximum Gasteiger partial charge on any atom is 0.253 e. The van der Waals surface area contributed by atoms with Crippen LogP contribution in [0.3, 0.4) is 0 Å². The van der Waals surface area contributed by atoms with Crippen molar-refractivity contribution in [1.82, 2.24) is 10.2 Å². The van der Waals surface area contributed by atoms with E-state index in [2.05, 4.69) is 91.9 Å². The van der Waals surface area contributed by atoms with Crippen molar-refractivity contribution in [1.29, 1.82) is 0 Å². The molecule has 51 heavy (non-hydrogen) atoms. The highest BCUT2D eigenvalue weighted by atomic mass is 32.2. The smallest absolute Gasteiger partial charge is 0.253 e. The first-order valence-corrected chi connectivity index (χ1v) is 19.1. The summed E-state index contributed by atoms with van der Waals surface area (Å²) < 4.78 is 37.7. The average Bonchev–Trinajstić information content (AvgIpc) is 3.59. The van der Waals surface area contributed by atoms with Crippen LogP contribution in [0.2, 0.25) is 0 Å². The van der Waals surface area contributed by atoms with Crippen molar-refractivity contribution in [3.63, 3.8) is 0 Å². The lowest BCUT2D eigenvalue weighted by Crippen LogP contribution is -2.38. The Morgan fingerprint density at radius 3 is 2.31 bits per heavy atom. The van der Waals surface area contributed by atoms with E-state index in [1.54, 1.807) is 6.07 Å². The van der Waals surface area contributed by atoms with Crippen LogP contribution in [0.1, 0.15) is 77.8 Å². The summed E-state index contributed by atoms with van der Waals surface area (Å²) >= 11 is 0. The number of anilines is 1. The summed E-state index contributed by atoms with van der Waals surface area (Å²) in [6, 6.07) is 13.1. The van der Waals surface area contributed by atoms with E-state index in [4.69, 9.17) is 0 Å². The van der Waals surface area contributed by atoms with E-state index >= 15 is 0 Å². The van der Waals surface area contributed by atoms with Gasteiger partial charge in [0.15, 0.2) is 5.71 Å². The molecule has 1 N–H and O–H groups in total. The van der Waals surface area contributed by atoms with Gasteiger partial charge in [-0.3, -0.25) is 19.3 Å². The first-order chi connectivity index (χ1) is 24.2. The van der Waals surface area contributed by atoms with Crippen LogP contribution in [0, 0.1) is 0 Å². The molecule has 3 heterocycles. The second-order valence-corrected chi connectivity index (χ2v) is 15.6. The predicted molar refractivity (Wildman–Crippen MR) is 198 cm³/mol. The first-order valence-electron chi connectivity index (χ1n) is 17.7. The van der Waals surface area contributed by atoms with Crippen molar-refractivity contribution in [2.75, 3.05) is 31.1 Å². The van der Waals surface area contributed by atoms with Gasteiger partial charge in [0.05, 0.1) is 10.3 Å². The number of amides is 3. The minimum Gasteiger partial charge on any atom is -0.744 e. The normalized spacial score (nSPS) is 18.6. The fraction of sp³-hybridized carbons (Fsp3) is 0.400. The number of para-hydroxylation sites is 1. The maximum absolute atomic E-state index is 12.4. The maximum atomic E-state index is 12.4. The van der Waals surface area contributed by atoms with Crippen molar-refractivity contribution < 1.29 is 31.9 Å². The molecule has 0 aliphatic carbocycles. The van der Waals surface area contributed by atoms with Gasteiger partial charge in [0, 0.05) is 79.1 Å². The Balaban J connectivity index is 1.24. The van der Waals surface area contributed by atoms with E-state index in [1.165, 1.54) is 41.2 Å². The summed E-state index contributed by atoms with van der Waals surface area (Å²) in [7, 11) is -4.56. The minimum atomic E-state index is -4.56. The zero-order chi connectivity index (χ0) is 37.0. The van der Waals surface area contributed by atoms with Crippen LogP contribution in [0.5, 0.6) is 0 Å². The Hall–Kier alpha value is -4.61. The fourth-order valence-corrected chi connectivity index (χ4v) is 7.79. The number of nitrogens with one attached hydrogen (secondary N) is 1. The van der Waals surface area contributed by atoms with E-state index in [0.717, 1.165) is 60.6 Å². The zero-order valence-electron chi connectivity index (χ0n) is 30.1. The Labute approximate surface area is 301 Å². The van der Waals surface area contributed by atoms with E-state index < -0.39 is 15.5 Å². The lowest BCUT2D eigenvalue weighted by Gasteiger charge is -2.26. The molecule has 3 aliphatic rings. The molecule has 270 valence electrons. The minimum absolute atomic E-state index is 0.0884. The van der Waals surface area contributed by atoms with Crippen LogP contribution in [0.25, 0.3) is 0 Å². The van der Waals surface area contributed by atoms with Crippen molar-refractivity contribution in [2.24, 2.45) is 0 Å². The molecule has 0 unspecified atom stereocenters. The molecule has 0 aromatic heterocycles. The van der Waals surface area contributed by atoms with Crippen LogP contribution >= 0.6 is 0 Å². The summed E-state index contributed by atoms with van der Waals surface area (Å²) in [5.41, 5.74) is 5.72. The van der Waals surface area contributed by atoms with Gasteiger partial charge in [-0.25, -0.2) is 8.42 Å². The highest BCUT2D eigenvalue weighted by molar-refractivity contribution is 7.85. The number of carbonyl (C=O) groups is 3. The molecule has 0 spiro atoms. The number of carbonyl (C=O) groups excluding carboxylic acids is 3. The number of allylic oxidation sites excluding steroid dienone is 6. The number of hydrogen-bond acceptors (Lipinski definition) is 7. The van der Waals surface area contributed by atoms with Gasteiger partial charge in [-0.15, -0.1) is 0 Å². The quantitative estimate of drug-likeness (QED) is 0.0816. The Kier molecular flexibility index (Phi) is 11.3. The molecule has 0 fully saturated rings.